The van der Waals surface area contributed by atoms with E-state index in [1.165, 1.54) is 19.1 Å². The van der Waals surface area contributed by atoms with E-state index in [-0.39, 0.29) is 23.2 Å². The van der Waals surface area contributed by atoms with Crippen LogP contribution in [0.25, 0.3) is 0 Å². The van der Waals surface area contributed by atoms with Gasteiger partial charge in [0.05, 0.1) is 4.90 Å². The van der Waals surface area contributed by atoms with Crippen LogP contribution in [0.3, 0.4) is 0 Å². The molecule has 0 spiro atoms. The van der Waals surface area contributed by atoms with E-state index in [0.717, 1.165) is 19.2 Å². The van der Waals surface area contributed by atoms with E-state index in [2.05, 4.69) is 10.0 Å². The molecule has 9 heteroatoms. The van der Waals surface area contributed by atoms with Gasteiger partial charge in [0.2, 0.25) is 0 Å². The van der Waals surface area contributed by atoms with E-state index >= 15 is 0 Å². The second-order valence-corrected chi connectivity index (χ2v) is 7.79. The van der Waals surface area contributed by atoms with Crippen LogP contribution in [-0.2, 0) is 10.0 Å². The van der Waals surface area contributed by atoms with Crippen LogP contribution in [0.1, 0.15) is 15.9 Å². The summed E-state index contributed by atoms with van der Waals surface area (Å²) in [4.78, 5) is 14.2. The van der Waals surface area contributed by atoms with Crippen molar-refractivity contribution >= 4 is 34.0 Å². The quantitative estimate of drug-likeness (QED) is 0.806. The molecule has 146 valence electrons. The SMILES string of the molecule is Cc1cc(F)ccc1S(=O)(=O)Nc1ccc(C(=O)N2CCNCC2)cc1.Cl. The Balaban J connectivity index is 0.00000261. The van der Waals surface area contributed by atoms with Crippen molar-refractivity contribution in [3.63, 3.8) is 0 Å². The molecule has 0 unspecified atom stereocenters. The van der Waals surface area contributed by atoms with Gasteiger partial charge in [-0.15, -0.1) is 12.4 Å². The van der Waals surface area contributed by atoms with Crippen molar-refractivity contribution < 1.29 is 17.6 Å². The van der Waals surface area contributed by atoms with Gasteiger partial charge in [-0.1, -0.05) is 0 Å². The van der Waals surface area contributed by atoms with Crippen molar-refractivity contribution in [1.82, 2.24) is 10.2 Å². The molecular formula is C18H21ClFN3O3S. The van der Waals surface area contributed by atoms with Gasteiger partial charge in [-0.05, 0) is 55.0 Å². The van der Waals surface area contributed by atoms with Gasteiger partial charge in [-0.25, -0.2) is 12.8 Å². The highest BCUT2D eigenvalue weighted by Crippen LogP contribution is 2.21. The van der Waals surface area contributed by atoms with Gasteiger partial charge >= 0.3 is 0 Å². The number of nitrogens with zero attached hydrogens (tertiary/aromatic N) is 1. The summed E-state index contributed by atoms with van der Waals surface area (Å²) in [5, 5.41) is 3.19. The first-order valence-electron chi connectivity index (χ1n) is 8.26. The highest BCUT2D eigenvalue weighted by atomic mass is 35.5. The number of halogens is 2. The van der Waals surface area contributed by atoms with Gasteiger partial charge in [-0.2, -0.15) is 0 Å². The van der Waals surface area contributed by atoms with Gasteiger partial charge in [0.15, 0.2) is 0 Å². The average Bonchev–Trinajstić information content (AvgIpc) is 2.62. The summed E-state index contributed by atoms with van der Waals surface area (Å²) in [6.07, 6.45) is 0. The summed E-state index contributed by atoms with van der Waals surface area (Å²) in [5.41, 5.74) is 1.17. The third-order valence-corrected chi connectivity index (χ3v) is 5.76. The lowest BCUT2D eigenvalue weighted by molar-refractivity contribution is 0.0736. The van der Waals surface area contributed by atoms with Gasteiger partial charge in [0.25, 0.3) is 15.9 Å². The molecule has 1 fully saturated rings. The second kappa shape index (κ2) is 8.69. The minimum atomic E-state index is -3.83. The highest BCUT2D eigenvalue weighted by Gasteiger charge is 2.19. The zero-order valence-electron chi connectivity index (χ0n) is 14.7. The van der Waals surface area contributed by atoms with Crippen LogP contribution in [-0.4, -0.2) is 45.4 Å². The first kappa shape index (κ1) is 21.1. The van der Waals surface area contributed by atoms with Crippen LogP contribution < -0.4 is 10.0 Å². The molecule has 6 nitrogen and oxygen atoms in total. The number of hydrogen-bond acceptors (Lipinski definition) is 4. The van der Waals surface area contributed by atoms with Crippen molar-refractivity contribution in [1.29, 1.82) is 0 Å². The maximum absolute atomic E-state index is 13.2. The summed E-state index contributed by atoms with van der Waals surface area (Å²) in [6, 6.07) is 9.80. The van der Waals surface area contributed by atoms with E-state index in [4.69, 9.17) is 0 Å². The molecule has 1 saturated heterocycles. The molecule has 2 N–H and O–H groups in total. The number of nitrogens with one attached hydrogen (secondary N) is 2. The predicted octanol–water partition coefficient (Wildman–Crippen LogP) is 2.40. The molecule has 1 heterocycles. The Labute approximate surface area is 164 Å². The standard InChI is InChI=1S/C18H20FN3O3S.ClH/c1-13-12-15(19)4-7-17(13)26(24,25)21-16-5-2-14(3-6-16)18(23)22-10-8-20-9-11-22;/h2-7,12,20-21H,8-11H2,1H3;1H. The molecule has 0 bridgehead atoms. The number of rotatable bonds is 4. The van der Waals surface area contributed by atoms with E-state index < -0.39 is 15.8 Å². The van der Waals surface area contributed by atoms with Crippen LogP contribution >= 0.6 is 12.4 Å². The normalized spacial score (nSPS) is 14.4. The molecule has 2 aromatic carbocycles. The second-order valence-electron chi connectivity index (χ2n) is 6.13. The lowest BCUT2D eigenvalue weighted by atomic mass is 10.1. The molecule has 0 saturated carbocycles. The number of amides is 1. The Bertz CT molecular complexity index is 914. The van der Waals surface area contributed by atoms with Crippen LogP contribution in [0.4, 0.5) is 10.1 Å². The molecule has 0 atom stereocenters. The topological polar surface area (TPSA) is 78.5 Å². The zero-order valence-corrected chi connectivity index (χ0v) is 16.4. The number of aryl methyl sites for hydroxylation is 1. The van der Waals surface area contributed by atoms with Crippen molar-refractivity contribution in [2.24, 2.45) is 0 Å². The summed E-state index contributed by atoms with van der Waals surface area (Å²) in [5.74, 6) is -0.562. The predicted molar refractivity (Wildman–Crippen MR) is 104 cm³/mol. The third kappa shape index (κ3) is 4.97. The summed E-state index contributed by atoms with van der Waals surface area (Å²) in [7, 11) is -3.83. The van der Waals surface area contributed by atoms with Crippen LogP contribution in [0, 0.1) is 12.7 Å². The first-order chi connectivity index (χ1) is 12.4. The third-order valence-electron chi connectivity index (χ3n) is 4.21. The van der Waals surface area contributed by atoms with E-state index in [9.17, 15) is 17.6 Å². The van der Waals surface area contributed by atoms with E-state index in [1.807, 2.05) is 0 Å². The van der Waals surface area contributed by atoms with E-state index in [0.29, 0.717) is 29.9 Å². The Morgan fingerprint density at radius 1 is 1.11 bits per heavy atom. The highest BCUT2D eigenvalue weighted by molar-refractivity contribution is 7.92. The molecule has 0 radical (unpaired) electrons. The maximum Gasteiger partial charge on any atom is 0.262 e. The number of piperazine rings is 1. The molecule has 2 aromatic rings. The van der Waals surface area contributed by atoms with Crippen LogP contribution in [0.2, 0.25) is 0 Å². The van der Waals surface area contributed by atoms with Gasteiger partial charge in [0, 0.05) is 37.4 Å². The minimum Gasteiger partial charge on any atom is -0.336 e. The summed E-state index contributed by atoms with van der Waals surface area (Å²) >= 11 is 0. The largest absolute Gasteiger partial charge is 0.336 e. The fourth-order valence-electron chi connectivity index (χ4n) is 2.86. The molecule has 27 heavy (non-hydrogen) atoms. The average molecular weight is 414 g/mol. The number of carbonyl (C=O) groups excluding carboxylic acids is 1. The van der Waals surface area contributed by atoms with Crippen molar-refractivity contribution in [2.45, 2.75) is 11.8 Å². The number of carbonyl (C=O) groups is 1. The number of hydrogen-bond donors (Lipinski definition) is 2. The van der Waals surface area contributed by atoms with Gasteiger partial charge < -0.3 is 10.2 Å². The lowest BCUT2D eigenvalue weighted by Gasteiger charge is -2.27. The Hall–Kier alpha value is -2.16. The first-order valence-corrected chi connectivity index (χ1v) is 9.74. The Morgan fingerprint density at radius 3 is 2.33 bits per heavy atom. The molecule has 1 amide bonds. The number of anilines is 1. The minimum absolute atomic E-state index is 0. The van der Waals surface area contributed by atoms with Crippen LogP contribution in [0.15, 0.2) is 47.4 Å². The monoisotopic (exact) mass is 413 g/mol. The molecule has 1 aliphatic heterocycles. The summed E-state index contributed by atoms with van der Waals surface area (Å²) in [6.45, 7) is 4.36. The van der Waals surface area contributed by atoms with Gasteiger partial charge in [-0.3, -0.25) is 9.52 Å². The zero-order chi connectivity index (χ0) is 18.7. The Kier molecular flexibility index (Phi) is 6.80. The van der Waals surface area contributed by atoms with Crippen molar-refractivity contribution in [2.75, 3.05) is 30.9 Å². The van der Waals surface area contributed by atoms with Crippen LogP contribution in [0.5, 0.6) is 0 Å². The maximum atomic E-state index is 13.2. The van der Waals surface area contributed by atoms with E-state index in [1.54, 1.807) is 29.2 Å². The van der Waals surface area contributed by atoms with Crippen molar-refractivity contribution in [3.05, 3.63) is 59.4 Å². The van der Waals surface area contributed by atoms with Crippen molar-refractivity contribution in [3.8, 4) is 0 Å². The summed E-state index contributed by atoms with van der Waals surface area (Å²) < 4.78 is 40.6. The molecule has 1 aliphatic rings. The molecule has 3 rings (SSSR count). The smallest absolute Gasteiger partial charge is 0.262 e. The molecule has 0 aliphatic carbocycles. The molecule has 0 aromatic heterocycles. The fourth-order valence-corrected chi connectivity index (χ4v) is 4.14. The number of sulfonamides is 1. The molecular weight excluding hydrogens is 393 g/mol. The number of benzene rings is 2. The van der Waals surface area contributed by atoms with Gasteiger partial charge in [0.1, 0.15) is 5.82 Å². The fraction of sp³-hybridized carbons (Fsp3) is 0.278. The Morgan fingerprint density at radius 2 is 1.74 bits per heavy atom. The lowest BCUT2D eigenvalue weighted by Crippen LogP contribution is -2.46.